The first-order chi connectivity index (χ1) is 8.60. The van der Waals surface area contributed by atoms with Crippen LogP contribution in [0.4, 0.5) is 5.82 Å². The van der Waals surface area contributed by atoms with Crippen molar-refractivity contribution < 1.29 is 0 Å². The Morgan fingerprint density at radius 1 is 1.39 bits per heavy atom. The van der Waals surface area contributed by atoms with Crippen LogP contribution in [-0.4, -0.2) is 12.0 Å². The lowest BCUT2D eigenvalue weighted by atomic mass is 10.2. The molecule has 0 spiro atoms. The third-order valence-electron chi connectivity index (χ3n) is 2.64. The molecule has 0 aromatic carbocycles. The van der Waals surface area contributed by atoms with Crippen molar-refractivity contribution in [2.24, 2.45) is 0 Å². The maximum Gasteiger partial charge on any atom is 0.131 e. The molecule has 0 bridgehead atoms. The number of hydrogen-bond acceptors (Lipinski definition) is 3. The Labute approximate surface area is 128 Å². The number of halogens is 2. The third-order valence-corrected chi connectivity index (χ3v) is 4.97. The molecule has 0 fully saturated rings. The van der Waals surface area contributed by atoms with Gasteiger partial charge in [-0.1, -0.05) is 22.0 Å². The molecule has 2 rings (SSSR count). The highest BCUT2D eigenvalue weighted by molar-refractivity contribution is 9.10. The normalized spacial score (nSPS) is 10.7. The molecule has 0 aliphatic heterocycles. The first-order valence-electron chi connectivity index (χ1n) is 5.55. The van der Waals surface area contributed by atoms with Gasteiger partial charge in [-0.15, -0.1) is 11.3 Å². The lowest BCUT2D eigenvalue weighted by molar-refractivity contribution is 0.902. The number of aromatic nitrogens is 1. The Bertz CT molecular complexity index is 540. The summed E-state index contributed by atoms with van der Waals surface area (Å²) in [6.07, 6.45) is 1.93. The fraction of sp³-hybridized carbons (Fsp3) is 0.308. The number of alkyl halides is 1. The molecule has 96 valence electrons. The van der Waals surface area contributed by atoms with E-state index < -0.39 is 0 Å². The zero-order valence-corrected chi connectivity index (χ0v) is 14.3. The van der Waals surface area contributed by atoms with E-state index in [2.05, 4.69) is 73.2 Å². The molecule has 0 unspecified atom stereocenters. The van der Waals surface area contributed by atoms with Crippen LogP contribution in [0.25, 0.3) is 0 Å². The second kappa shape index (κ2) is 6.17. The van der Waals surface area contributed by atoms with E-state index in [1.165, 1.54) is 16.0 Å². The van der Waals surface area contributed by atoms with Crippen LogP contribution in [0, 0.1) is 6.92 Å². The van der Waals surface area contributed by atoms with E-state index in [0.717, 1.165) is 22.2 Å². The molecule has 0 atom stereocenters. The van der Waals surface area contributed by atoms with Gasteiger partial charge in [0.1, 0.15) is 5.82 Å². The predicted octanol–water partition coefficient (Wildman–Crippen LogP) is 4.75. The largest absolute Gasteiger partial charge is 0.354 e. The van der Waals surface area contributed by atoms with Crippen LogP contribution < -0.4 is 4.90 Å². The highest BCUT2D eigenvalue weighted by Crippen LogP contribution is 2.24. The second-order valence-electron chi connectivity index (χ2n) is 4.21. The Morgan fingerprint density at radius 3 is 2.72 bits per heavy atom. The van der Waals surface area contributed by atoms with Crippen LogP contribution in [0.3, 0.4) is 0 Å². The average Bonchev–Trinajstić information content (AvgIpc) is 2.74. The van der Waals surface area contributed by atoms with E-state index in [4.69, 9.17) is 0 Å². The van der Waals surface area contributed by atoms with Crippen LogP contribution in [0.1, 0.15) is 16.0 Å². The van der Waals surface area contributed by atoms with Crippen molar-refractivity contribution in [3.05, 3.63) is 44.2 Å². The fourth-order valence-corrected chi connectivity index (χ4v) is 3.65. The maximum atomic E-state index is 4.54. The van der Waals surface area contributed by atoms with E-state index in [1.54, 1.807) is 11.3 Å². The summed E-state index contributed by atoms with van der Waals surface area (Å²) in [5.41, 5.74) is 2.42. The number of rotatable bonds is 4. The molecule has 2 nitrogen and oxygen atoms in total. The summed E-state index contributed by atoms with van der Waals surface area (Å²) in [5.74, 6) is 1.05. The summed E-state index contributed by atoms with van der Waals surface area (Å²) in [7, 11) is 2.08. The summed E-state index contributed by atoms with van der Waals surface area (Å²) in [6, 6.07) is 4.33. The van der Waals surface area contributed by atoms with E-state index >= 15 is 0 Å². The van der Waals surface area contributed by atoms with Crippen LogP contribution in [0.5, 0.6) is 0 Å². The lowest BCUT2D eigenvalue weighted by Gasteiger charge is -2.19. The number of hydrogen-bond donors (Lipinski definition) is 0. The highest BCUT2D eigenvalue weighted by Gasteiger charge is 2.09. The van der Waals surface area contributed by atoms with Gasteiger partial charge >= 0.3 is 0 Å². The van der Waals surface area contributed by atoms with Gasteiger partial charge in [0.15, 0.2) is 0 Å². The van der Waals surface area contributed by atoms with Crippen molar-refractivity contribution in [2.75, 3.05) is 11.9 Å². The molecule has 0 amide bonds. The van der Waals surface area contributed by atoms with Crippen LogP contribution in [0.2, 0.25) is 0 Å². The second-order valence-corrected chi connectivity index (χ2v) is 6.68. The summed E-state index contributed by atoms with van der Waals surface area (Å²) in [6.45, 7) is 2.99. The number of aryl methyl sites for hydroxylation is 1. The summed E-state index contributed by atoms with van der Waals surface area (Å²) in [5, 5.41) is 2.96. The van der Waals surface area contributed by atoms with Crippen molar-refractivity contribution in [2.45, 2.75) is 18.8 Å². The predicted molar refractivity (Wildman–Crippen MR) is 85.7 cm³/mol. The quantitative estimate of drug-likeness (QED) is 0.701. The molecule has 0 N–H and O–H groups in total. The molecule has 0 radical (unpaired) electrons. The molecule has 2 aromatic heterocycles. The van der Waals surface area contributed by atoms with Gasteiger partial charge in [0, 0.05) is 33.3 Å². The molecule has 0 aliphatic carbocycles. The summed E-state index contributed by atoms with van der Waals surface area (Å²) in [4.78, 5) is 8.06. The topological polar surface area (TPSA) is 16.1 Å². The SMILES string of the molecule is Cc1cc(CBr)cnc1N(C)Cc1cc(Br)cs1. The van der Waals surface area contributed by atoms with Gasteiger partial charge in [-0.25, -0.2) is 4.98 Å². The molecule has 18 heavy (non-hydrogen) atoms. The standard InChI is InChI=1S/C13H14Br2N2S/c1-9-3-10(5-14)6-16-13(9)17(2)7-12-4-11(15)8-18-12/h3-4,6,8H,5,7H2,1-2H3. The first kappa shape index (κ1) is 14.0. The molecule has 2 aromatic rings. The number of pyridine rings is 1. The summed E-state index contributed by atoms with van der Waals surface area (Å²) >= 11 is 8.70. The van der Waals surface area contributed by atoms with Gasteiger partial charge < -0.3 is 4.90 Å². The van der Waals surface area contributed by atoms with E-state index in [1.807, 2.05) is 6.20 Å². The Morgan fingerprint density at radius 2 is 2.17 bits per heavy atom. The average molecular weight is 390 g/mol. The molecule has 0 saturated carbocycles. The van der Waals surface area contributed by atoms with Gasteiger partial charge in [0.05, 0.1) is 6.54 Å². The molecular formula is C13H14Br2N2S. The summed E-state index contributed by atoms with van der Waals surface area (Å²) < 4.78 is 1.15. The zero-order chi connectivity index (χ0) is 13.1. The van der Waals surface area contributed by atoms with Crippen molar-refractivity contribution >= 4 is 49.0 Å². The third kappa shape index (κ3) is 3.33. The van der Waals surface area contributed by atoms with Crippen molar-refractivity contribution in [1.82, 2.24) is 4.98 Å². The van der Waals surface area contributed by atoms with Crippen molar-refractivity contribution in [1.29, 1.82) is 0 Å². The minimum absolute atomic E-state index is 0.850. The van der Waals surface area contributed by atoms with Gasteiger partial charge in [-0.05, 0) is 40.0 Å². The Kier molecular flexibility index (Phi) is 4.81. The van der Waals surface area contributed by atoms with Gasteiger partial charge in [-0.2, -0.15) is 0 Å². The monoisotopic (exact) mass is 388 g/mol. The molecule has 2 heterocycles. The fourth-order valence-electron chi connectivity index (χ4n) is 1.84. The number of anilines is 1. The van der Waals surface area contributed by atoms with Gasteiger partial charge in [-0.3, -0.25) is 0 Å². The Hall–Kier alpha value is -0.390. The minimum Gasteiger partial charge on any atom is -0.354 e. The van der Waals surface area contributed by atoms with Crippen LogP contribution in [-0.2, 0) is 11.9 Å². The number of nitrogens with zero attached hydrogens (tertiary/aromatic N) is 2. The molecule has 0 aliphatic rings. The van der Waals surface area contributed by atoms with Crippen LogP contribution in [0.15, 0.2) is 28.2 Å². The zero-order valence-electron chi connectivity index (χ0n) is 10.3. The molecule has 5 heteroatoms. The van der Waals surface area contributed by atoms with E-state index in [0.29, 0.717) is 0 Å². The van der Waals surface area contributed by atoms with Crippen LogP contribution >= 0.6 is 43.2 Å². The van der Waals surface area contributed by atoms with Crippen molar-refractivity contribution in [3.8, 4) is 0 Å². The number of thiophene rings is 1. The van der Waals surface area contributed by atoms with Gasteiger partial charge in [0.2, 0.25) is 0 Å². The Balaban J connectivity index is 2.15. The van der Waals surface area contributed by atoms with E-state index in [9.17, 15) is 0 Å². The van der Waals surface area contributed by atoms with Gasteiger partial charge in [0.25, 0.3) is 0 Å². The maximum absolute atomic E-state index is 4.54. The first-order valence-corrected chi connectivity index (χ1v) is 8.35. The van der Waals surface area contributed by atoms with E-state index in [-0.39, 0.29) is 0 Å². The molecule has 0 saturated heterocycles. The smallest absolute Gasteiger partial charge is 0.131 e. The molecular weight excluding hydrogens is 376 g/mol. The minimum atomic E-state index is 0.850. The lowest BCUT2D eigenvalue weighted by Crippen LogP contribution is -2.18. The highest BCUT2D eigenvalue weighted by atomic mass is 79.9. The van der Waals surface area contributed by atoms with Crippen molar-refractivity contribution in [3.63, 3.8) is 0 Å².